The second-order valence-electron chi connectivity index (χ2n) is 11.7. The largest absolute Gasteiger partial charge is 0.488 e. The van der Waals surface area contributed by atoms with Gasteiger partial charge in [0.15, 0.2) is 0 Å². The van der Waals surface area contributed by atoms with E-state index in [0.717, 1.165) is 21.2 Å². The lowest BCUT2D eigenvalue weighted by Gasteiger charge is -2.29. The normalized spacial score (nSPS) is 18.9. The fourth-order valence-corrected chi connectivity index (χ4v) is 7.86. The van der Waals surface area contributed by atoms with E-state index in [9.17, 15) is 19.2 Å². The van der Waals surface area contributed by atoms with Crippen LogP contribution in [0.25, 0.3) is 22.6 Å². The Bertz CT molecular complexity index is 2060. The number of fused-ring (bicyclic) bond motifs is 4. The molecule has 0 radical (unpaired) electrons. The van der Waals surface area contributed by atoms with Gasteiger partial charge in [0.05, 0.1) is 0 Å². The van der Waals surface area contributed by atoms with Gasteiger partial charge in [-0.05, 0) is 60.8 Å². The number of carbonyl (C=O) groups excluding carboxylic acids is 4. The molecule has 0 saturated heterocycles. The van der Waals surface area contributed by atoms with Gasteiger partial charge >= 0.3 is 7.12 Å². The van der Waals surface area contributed by atoms with E-state index >= 15 is 0 Å². The molecule has 8 rings (SSSR count). The van der Waals surface area contributed by atoms with Gasteiger partial charge in [0.25, 0.3) is 0 Å². The van der Waals surface area contributed by atoms with Crippen LogP contribution in [0, 0.1) is 0 Å². The van der Waals surface area contributed by atoms with Gasteiger partial charge in [0.2, 0.25) is 23.1 Å². The third-order valence-corrected chi connectivity index (χ3v) is 11.1. The summed E-state index contributed by atoms with van der Waals surface area (Å²) < 4.78 is 12.5. The molecule has 0 amide bonds. The van der Waals surface area contributed by atoms with Gasteiger partial charge in [-0.3, -0.25) is 19.2 Å². The minimum absolute atomic E-state index is 0.0213. The fourth-order valence-electron chi connectivity index (χ4n) is 5.54. The van der Waals surface area contributed by atoms with Crippen molar-refractivity contribution in [3.63, 3.8) is 0 Å². The van der Waals surface area contributed by atoms with Gasteiger partial charge in [0.1, 0.15) is 33.5 Å². The van der Waals surface area contributed by atoms with Crippen LogP contribution in [-0.2, 0) is 19.1 Å². The van der Waals surface area contributed by atoms with Crippen molar-refractivity contribution < 1.29 is 38.7 Å². The van der Waals surface area contributed by atoms with E-state index in [1.807, 2.05) is 68.4 Å². The molecule has 2 heterocycles. The number of allylic oxidation sites excluding steroid dienone is 2. The molecule has 4 aliphatic rings. The molecule has 0 bridgehead atoms. The molecular weight excluding hydrogens is 739 g/mol. The van der Waals surface area contributed by atoms with Crippen LogP contribution < -0.4 is 5.46 Å². The molecule has 0 aromatic heterocycles. The van der Waals surface area contributed by atoms with E-state index < -0.39 is 30.3 Å². The van der Waals surface area contributed by atoms with Crippen molar-refractivity contribution in [1.29, 1.82) is 0 Å². The monoisotopic (exact) mass is 768 g/mol. The number of hydrogen-bond acceptors (Lipinski definition) is 10. The molecule has 2 N–H and O–H groups in total. The van der Waals surface area contributed by atoms with Gasteiger partial charge < -0.3 is 19.5 Å². The number of benzene rings is 4. The molecule has 12 heteroatoms. The van der Waals surface area contributed by atoms with Crippen molar-refractivity contribution >= 4 is 86.7 Å². The summed E-state index contributed by atoms with van der Waals surface area (Å²) in [4.78, 5) is 49.5. The van der Waals surface area contributed by atoms with Crippen molar-refractivity contribution in [2.24, 2.45) is 0 Å². The predicted molar refractivity (Wildman–Crippen MR) is 201 cm³/mol. The van der Waals surface area contributed by atoms with Gasteiger partial charge in [-0.1, -0.05) is 82.7 Å². The van der Waals surface area contributed by atoms with Crippen LogP contribution in [0.15, 0.2) is 111 Å². The second-order valence-corrected chi connectivity index (χ2v) is 14.7. The Morgan fingerprint density at radius 3 is 1.58 bits per heavy atom. The molecule has 2 aliphatic heterocycles. The number of hydrogen-bond donors (Lipinski definition) is 2. The molecule has 2 atom stereocenters. The topological polar surface area (TPSA) is 127 Å². The highest BCUT2D eigenvalue weighted by atomic mass is 79.9. The van der Waals surface area contributed by atoms with E-state index in [4.69, 9.17) is 19.5 Å². The summed E-state index contributed by atoms with van der Waals surface area (Å²) in [6, 6.07) is 29.4. The quantitative estimate of drug-likeness (QED) is 0.176. The second kappa shape index (κ2) is 15.4. The zero-order valence-corrected chi connectivity index (χ0v) is 30.1. The van der Waals surface area contributed by atoms with Gasteiger partial charge in [-0.2, -0.15) is 0 Å². The average Bonchev–Trinajstić information content (AvgIpc) is 3.14. The Balaban J connectivity index is 0.000000142. The number of thioether (sulfide) groups is 2. The Morgan fingerprint density at radius 1 is 0.600 bits per heavy atom. The maximum Gasteiger partial charge on any atom is 0.488 e. The highest BCUT2D eigenvalue weighted by Crippen LogP contribution is 2.43. The van der Waals surface area contributed by atoms with Crippen molar-refractivity contribution in [3.05, 3.63) is 134 Å². The molecule has 252 valence electrons. The van der Waals surface area contributed by atoms with Crippen LogP contribution in [0.5, 0.6) is 0 Å². The number of ether oxygens (including phenoxy) is 2. The first-order chi connectivity index (χ1) is 24.0. The first-order valence-electron chi connectivity index (χ1n) is 15.7. The zero-order valence-electron chi connectivity index (χ0n) is 26.9. The number of ketones is 4. The Kier molecular flexibility index (Phi) is 10.9. The summed E-state index contributed by atoms with van der Waals surface area (Å²) in [7, 11) is -1.34. The van der Waals surface area contributed by atoms with E-state index in [-0.39, 0.29) is 12.2 Å². The minimum atomic E-state index is -1.34. The molecular formula is C38H30BBrO8S2. The van der Waals surface area contributed by atoms with E-state index in [2.05, 4.69) is 15.9 Å². The number of halogens is 1. The van der Waals surface area contributed by atoms with E-state index in [0.29, 0.717) is 55.0 Å². The maximum atomic E-state index is 12.3. The molecule has 2 unspecified atom stereocenters. The lowest BCUT2D eigenvalue weighted by Crippen LogP contribution is -2.29. The van der Waals surface area contributed by atoms with Crippen molar-refractivity contribution in [2.75, 3.05) is 11.5 Å². The van der Waals surface area contributed by atoms with Gasteiger partial charge in [0, 0.05) is 38.2 Å². The lowest BCUT2D eigenvalue weighted by atomic mass is 9.81. The molecule has 0 spiro atoms. The zero-order chi connectivity index (χ0) is 35.5. The van der Waals surface area contributed by atoms with Crippen LogP contribution in [0.2, 0.25) is 0 Å². The lowest BCUT2D eigenvalue weighted by molar-refractivity contribution is -0.112. The van der Waals surface area contributed by atoms with Crippen LogP contribution in [-0.4, -0.2) is 64.0 Å². The SMILES string of the molecule is CC1CSC2=C(O1)c1cc(-c3ccccc3)ccc1C(=O)C2=O.CC1CSC2=C(O1)c1cc(Br)ccc1C(=O)C2=O.OB(O)c1ccccc1. The molecule has 4 aromatic rings. The minimum Gasteiger partial charge on any atom is -0.488 e. The molecule has 0 fully saturated rings. The summed E-state index contributed by atoms with van der Waals surface area (Å²) in [5, 5.41) is 17.2. The highest BCUT2D eigenvalue weighted by molar-refractivity contribution is 9.10. The van der Waals surface area contributed by atoms with Crippen molar-refractivity contribution in [2.45, 2.75) is 26.1 Å². The Hall–Kier alpha value is -4.20. The first-order valence-corrected chi connectivity index (χ1v) is 18.5. The molecule has 0 saturated carbocycles. The standard InChI is InChI=1S/C19H14O3S.C13H9BrO3S.C6H7BO2/c1-11-10-23-19-17(21)16(20)14-8-7-13(9-15(14)18(19)22-11)12-5-3-2-4-6-12;1-6-5-18-13-11(16)10(15)8-3-2-7(14)4-9(8)12(13)17-6;8-7(9)6-4-2-1-3-5-6/h2-9,11H,10H2,1H3;2-4,6H,5H2,1H3;1-5,8-9H. The highest BCUT2D eigenvalue weighted by Gasteiger charge is 2.38. The molecule has 50 heavy (non-hydrogen) atoms. The number of Topliss-reactive ketones (excluding diaryl/α,β-unsaturated/α-hetero) is 4. The summed E-state index contributed by atoms with van der Waals surface area (Å²) in [6.07, 6.45) is 0.0644. The Labute approximate surface area is 306 Å². The molecule has 2 aliphatic carbocycles. The van der Waals surface area contributed by atoms with Crippen molar-refractivity contribution in [3.8, 4) is 11.1 Å². The van der Waals surface area contributed by atoms with Gasteiger partial charge in [-0.25, -0.2) is 0 Å². The van der Waals surface area contributed by atoms with Crippen LogP contribution in [0.4, 0.5) is 0 Å². The van der Waals surface area contributed by atoms with Crippen molar-refractivity contribution in [1.82, 2.24) is 0 Å². The maximum absolute atomic E-state index is 12.3. The smallest absolute Gasteiger partial charge is 0.488 e. The summed E-state index contributed by atoms with van der Waals surface area (Å²) in [5.41, 5.74) is 4.90. The van der Waals surface area contributed by atoms with E-state index in [1.54, 1.807) is 42.5 Å². The van der Waals surface area contributed by atoms with E-state index in [1.165, 1.54) is 23.5 Å². The third kappa shape index (κ3) is 7.45. The molecule has 4 aromatic carbocycles. The summed E-state index contributed by atoms with van der Waals surface area (Å²) in [6.45, 7) is 3.92. The van der Waals surface area contributed by atoms with Gasteiger partial charge in [-0.15, -0.1) is 23.5 Å². The number of rotatable bonds is 2. The summed E-state index contributed by atoms with van der Waals surface area (Å²) >= 11 is 6.20. The third-order valence-electron chi connectivity index (χ3n) is 7.98. The van der Waals surface area contributed by atoms with Crippen LogP contribution in [0.1, 0.15) is 45.7 Å². The molecule has 8 nitrogen and oxygen atoms in total. The first kappa shape index (κ1) is 35.6. The van der Waals surface area contributed by atoms with Crippen LogP contribution >= 0.6 is 39.5 Å². The average molecular weight is 770 g/mol. The predicted octanol–water partition coefficient (Wildman–Crippen LogP) is 6.34. The Morgan fingerprint density at radius 2 is 1.08 bits per heavy atom. The fraction of sp³-hybridized carbons (Fsp3) is 0.158. The van der Waals surface area contributed by atoms with Crippen LogP contribution in [0.3, 0.4) is 0 Å². The number of carbonyl (C=O) groups is 4. The summed E-state index contributed by atoms with van der Waals surface area (Å²) in [5.74, 6) is 0.720.